The van der Waals surface area contributed by atoms with Gasteiger partial charge in [0.2, 0.25) is 0 Å². The Hall–Kier alpha value is -0.0800. The fourth-order valence-electron chi connectivity index (χ4n) is 4.91. The van der Waals surface area contributed by atoms with Crippen molar-refractivity contribution in [3.8, 4) is 0 Å². The number of hydrogen-bond acceptors (Lipinski definition) is 1. The Labute approximate surface area is 157 Å². The van der Waals surface area contributed by atoms with Crippen molar-refractivity contribution in [3.05, 3.63) is 6.92 Å². The van der Waals surface area contributed by atoms with Crippen LogP contribution in [0, 0.1) is 18.8 Å². The lowest BCUT2D eigenvalue weighted by molar-refractivity contribution is -0.0225. The van der Waals surface area contributed by atoms with Crippen LogP contribution in [0.4, 0.5) is 0 Å². The standard InChI is InChI=1S/C23H42O2/c1-2-3-4-11-18-25-23-17-16-22(24)19-20-12-7-5-9-14-21(23)15-10-6-8-13-20/h20-23H,1-19H2. The Morgan fingerprint density at radius 3 is 2.12 bits per heavy atom. The van der Waals surface area contributed by atoms with Gasteiger partial charge in [0.1, 0.15) is 0 Å². The third-order valence-corrected chi connectivity index (χ3v) is 6.50. The SMILES string of the molecule is [CH2]CCCCCOC1CCC([O])CC2CCCCCC1CCCCC2. The number of fused-ring (bicyclic) bond motifs is 12. The van der Waals surface area contributed by atoms with E-state index < -0.39 is 0 Å². The largest absolute Gasteiger partial charge is 0.378 e. The summed E-state index contributed by atoms with van der Waals surface area (Å²) < 4.78 is 6.38. The molecule has 2 unspecified atom stereocenters. The second-order valence-corrected chi connectivity index (χ2v) is 8.66. The van der Waals surface area contributed by atoms with Crippen LogP contribution in [0.5, 0.6) is 0 Å². The molecule has 0 heterocycles. The molecule has 0 aromatic heterocycles. The van der Waals surface area contributed by atoms with Crippen LogP contribution in [0.2, 0.25) is 0 Å². The van der Waals surface area contributed by atoms with Gasteiger partial charge in [-0.2, -0.15) is 0 Å². The Morgan fingerprint density at radius 2 is 1.44 bits per heavy atom. The van der Waals surface area contributed by atoms with E-state index in [0.717, 1.165) is 38.7 Å². The minimum absolute atomic E-state index is 0.341. The topological polar surface area (TPSA) is 29.1 Å². The van der Waals surface area contributed by atoms with Gasteiger partial charge in [-0.3, -0.25) is 0 Å². The predicted molar refractivity (Wildman–Crippen MR) is 105 cm³/mol. The molecule has 3 fully saturated rings. The van der Waals surface area contributed by atoms with E-state index in [0.29, 0.717) is 17.9 Å². The van der Waals surface area contributed by atoms with E-state index in [4.69, 9.17) is 4.74 Å². The fraction of sp³-hybridized carbons (Fsp3) is 0.957. The quantitative estimate of drug-likeness (QED) is 0.479. The molecule has 2 nitrogen and oxygen atoms in total. The van der Waals surface area contributed by atoms with Crippen molar-refractivity contribution in [1.82, 2.24) is 0 Å². The highest BCUT2D eigenvalue weighted by Crippen LogP contribution is 2.32. The lowest BCUT2D eigenvalue weighted by Gasteiger charge is -2.30. The first-order chi connectivity index (χ1) is 12.3. The molecule has 146 valence electrons. The van der Waals surface area contributed by atoms with Crippen LogP contribution in [0.3, 0.4) is 0 Å². The third kappa shape index (κ3) is 8.91. The molecule has 0 amide bonds. The van der Waals surface area contributed by atoms with Crippen LogP contribution in [0.15, 0.2) is 0 Å². The van der Waals surface area contributed by atoms with Gasteiger partial charge >= 0.3 is 0 Å². The monoisotopic (exact) mass is 350 g/mol. The van der Waals surface area contributed by atoms with Crippen molar-refractivity contribution < 1.29 is 9.84 Å². The highest BCUT2D eigenvalue weighted by Gasteiger charge is 2.26. The highest BCUT2D eigenvalue weighted by atomic mass is 16.5. The van der Waals surface area contributed by atoms with Gasteiger partial charge in [0.05, 0.1) is 12.2 Å². The number of ether oxygens (including phenoxy) is 1. The fourth-order valence-corrected chi connectivity index (χ4v) is 4.91. The molecule has 2 atom stereocenters. The summed E-state index contributed by atoms with van der Waals surface area (Å²) in [4.78, 5) is 0. The van der Waals surface area contributed by atoms with Crippen molar-refractivity contribution in [2.75, 3.05) is 6.61 Å². The van der Waals surface area contributed by atoms with Crippen LogP contribution < -0.4 is 0 Å². The van der Waals surface area contributed by atoms with E-state index >= 15 is 0 Å². The van der Waals surface area contributed by atoms with E-state index in [1.165, 1.54) is 77.0 Å². The van der Waals surface area contributed by atoms with Gasteiger partial charge in [0, 0.05) is 6.61 Å². The molecule has 0 N–H and O–H groups in total. The normalized spacial score (nSPS) is 32.9. The summed E-state index contributed by atoms with van der Waals surface area (Å²) in [5, 5.41) is 12.6. The van der Waals surface area contributed by atoms with Gasteiger partial charge in [-0.05, 0) is 50.4 Å². The first kappa shape index (κ1) is 21.2. The second-order valence-electron chi connectivity index (χ2n) is 8.66. The maximum Gasteiger partial charge on any atom is 0.0933 e. The van der Waals surface area contributed by atoms with Gasteiger partial charge in [-0.15, -0.1) is 0 Å². The second kappa shape index (κ2) is 13.1. The molecule has 2 bridgehead atoms. The van der Waals surface area contributed by atoms with Crippen LogP contribution in [-0.2, 0) is 9.84 Å². The zero-order chi connectivity index (χ0) is 17.7. The van der Waals surface area contributed by atoms with E-state index in [1.807, 2.05) is 0 Å². The summed E-state index contributed by atoms with van der Waals surface area (Å²) in [6, 6.07) is 0. The van der Waals surface area contributed by atoms with Crippen molar-refractivity contribution >= 4 is 0 Å². The van der Waals surface area contributed by atoms with Crippen LogP contribution in [0.1, 0.15) is 109 Å². The summed E-state index contributed by atoms with van der Waals surface area (Å²) in [5.74, 6) is 1.38. The van der Waals surface area contributed by atoms with E-state index in [1.54, 1.807) is 0 Å². The molecule has 0 aromatic rings. The van der Waals surface area contributed by atoms with Crippen LogP contribution in [0.25, 0.3) is 0 Å². The number of hydrogen-bond donors (Lipinski definition) is 0. The van der Waals surface area contributed by atoms with Gasteiger partial charge in [0.25, 0.3) is 0 Å². The van der Waals surface area contributed by atoms with Gasteiger partial charge < -0.3 is 4.74 Å². The van der Waals surface area contributed by atoms with E-state index in [2.05, 4.69) is 6.92 Å². The smallest absolute Gasteiger partial charge is 0.0933 e. The minimum atomic E-state index is -0.359. The predicted octanol–water partition coefficient (Wildman–Crippen LogP) is 6.90. The molecule has 0 saturated heterocycles. The average Bonchev–Trinajstić information content (AvgIpc) is 2.58. The summed E-state index contributed by atoms with van der Waals surface area (Å²) in [5.41, 5.74) is 0. The molecule has 2 radical (unpaired) electrons. The summed E-state index contributed by atoms with van der Waals surface area (Å²) >= 11 is 0. The summed E-state index contributed by atoms with van der Waals surface area (Å²) in [6.07, 6.45) is 20.7. The van der Waals surface area contributed by atoms with E-state index in [9.17, 15) is 5.11 Å². The minimum Gasteiger partial charge on any atom is -0.378 e. The molecule has 0 aromatic carbocycles. The molecule has 3 saturated carbocycles. The lowest BCUT2D eigenvalue weighted by Crippen LogP contribution is -2.28. The molecule has 0 spiro atoms. The van der Waals surface area contributed by atoms with Crippen molar-refractivity contribution in [3.63, 3.8) is 0 Å². The van der Waals surface area contributed by atoms with Gasteiger partial charge in [0.15, 0.2) is 0 Å². The molecule has 0 aliphatic heterocycles. The zero-order valence-electron chi connectivity index (χ0n) is 16.6. The van der Waals surface area contributed by atoms with Crippen LogP contribution in [-0.4, -0.2) is 18.8 Å². The molecule has 25 heavy (non-hydrogen) atoms. The molecular formula is C23H42O2. The van der Waals surface area contributed by atoms with Crippen LogP contribution >= 0.6 is 0 Å². The Kier molecular flexibility index (Phi) is 11.2. The zero-order valence-corrected chi connectivity index (χ0v) is 16.6. The van der Waals surface area contributed by atoms with Gasteiger partial charge in [-0.1, -0.05) is 77.6 Å². The third-order valence-electron chi connectivity index (χ3n) is 6.50. The number of unbranched alkanes of at least 4 members (excludes halogenated alkanes) is 3. The van der Waals surface area contributed by atoms with Gasteiger partial charge in [-0.25, -0.2) is 5.11 Å². The Morgan fingerprint density at radius 1 is 0.760 bits per heavy atom. The molecule has 3 aliphatic rings. The number of rotatable bonds is 6. The average molecular weight is 351 g/mol. The first-order valence-corrected chi connectivity index (χ1v) is 11.4. The molecular weight excluding hydrogens is 308 g/mol. The van der Waals surface area contributed by atoms with E-state index in [-0.39, 0.29) is 6.10 Å². The van der Waals surface area contributed by atoms with Crippen molar-refractivity contribution in [2.45, 2.75) is 121 Å². The Balaban J connectivity index is 1.94. The lowest BCUT2D eigenvalue weighted by atomic mass is 9.82. The summed E-state index contributed by atoms with van der Waals surface area (Å²) in [6.45, 7) is 4.80. The summed E-state index contributed by atoms with van der Waals surface area (Å²) in [7, 11) is 0. The molecule has 2 heteroatoms. The highest BCUT2D eigenvalue weighted by molar-refractivity contribution is 4.77. The first-order valence-electron chi connectivity index (χ1n) is 11.4. The van der Waals surface area contributed by atoms with Crippen molar-refractivity contribution in [2.24, 2.45) is 11.8 Å². The molecule has 3 rings (SSSR count). The maximum atomic E-state index is 12.6. The maximum absolute atomic E-state index is 12.6. The molecule has 3 aliphatic carbocycles. The Bertz CT molecular complexity index is 303. The van der Waals surface area contributed by atoms with Crippen molar-refractivity contribution in [1.29, 1.82) is 0 Å².